The van der Waals surface area contributed by atoms with Gasteiger partial charge in [-0.1, -0.05) is 37.0 Å². The van der Waals surface area contributed by atoms with Crippen molar-refractivity contribution >= 4 is 15.9 Å². The molecule has 0 bridgehead atoms. The van der Waals surface area contributed by atoms with Crippen LogP contribution in [0.15, 0.2) is 34.7 Å². The first-order valence-electron chi connectivity index (χ1n) is 12.4. The summed E-state index contributed by atoms with van der Waals surface area (Å²) < 4.78 is 29.4. The number of allylic oxidation sites excluding steroid dienone is 1. The first-order valence-corrected chi connectivity index (χ1v) is 13.9. The van der Waals surface area contributed by atoms with Gasteiger partial charge in [0, 0.05) is 30.7 Å². The summed E-state index contributed by atoms with van der Waals surface area (Å²) in [6, 6.07) is 5.15. The molecule has 1 aliphatic heterocycles. The van der Waals surface area contributed by atoms with Crippen molar-refractivity contribution in [3.05, 3.63) is 41.0 Å². The number of amides is 1. The number of fused-ring (bicyclic) bond motifs is 1. The van der Waals surface area contributed by atoms with Crippen LogP contribution in [0, 0.1) is 12.8 Å². The summed E-state index contributed by atoms with van der Waals surface area (Å²) in [6.45, 7) is 7.17. The molecule has 6 heteroatoms. The second kappa shape index (κ2) is 9.68. The van der Waals surface area contributed by atoms with E-state index < -0.39 is 10.0 Å². The van der Waals surface area contributed by atoms with E-state index in [1.807, 2.05) is 25.7 Å². The standard InChI is InChI=1S/C26H38N2O3S/c1-19(2)28(24-11-5-4-6-12-24)32(30,31)25-17-22(14-13-20(25)3)26(29)27-16-15-21-9-7-8-10-23(21)18-27/h10,13-14,17,19,21,24H,4-9,11-12,15-16,18H2,1-3H3. The molecule has 0 N–H and O–H groups in total. The second-order valence-corrected chi connectivity index (χ2v) is 11.9. The smallest absolute Gasteiger partial charge is 0.254 e. The number of carbonyl (C=O) groups excluding carboxylic acids is 1. The van der Waals surface area contributed by atoms with Gasteiger partial charge in [0.2, 0.25) is 10.0 Å². The van der Waals surface area contributed by atoms with Crippen LogP contribution in [0.4, 0.5) is 0 Å². The topological polar surface area (TPSA) is 57.7 Å². The zero-order valence-electron chi connectivity index (χ0n) is 19.8. The van der Waals surface area contributed by atoms with Gasteiger partial charge in [-0.15, -0.1) is 0 Å². The molecule has 4 rings (SSSR count). The van der Waals surface area contributed by atoms with Crippen LogP contribution in [0.1, 0.15) is 87.6 Å². The molecule has 1 amide bonds. The summed E-state index contributed by atoms with van der Waals surface area (Å²) in [5, 5.41) is 0. The van der Waals surface area contributed by atoms with Crippen LogP contribution in [0.2, 0.25) is 0 Å². The van der Waals surface area contributed by atoms with Gasteiger partial charge in [0.25, 0.3) is 5.91 Å². The highest BCUT2D eigenvalue weighted by molar-refractivity contribution is 7.89. The SMILES string of the molecule is Cc1ccc(C(=O)N2CCC3CCCC=C3C2)cc1S(=O)(=O)N(C(C)C)C1CCCCC1. The lowest BCUT2D eigenvalue weighted by Gasteiger charge is -2.37. The fourth-order valence-electron chi connectivity index (χ4n) is 5.85. The normalized spacial score (nSPS) is 22.7. The number of rotatable bonds is 5. The summed E-state index contributed by atoms with van der Waals surface area (Å²) >= 11 is 0. The molecule has 0 aromatic heterocycles. The summed E-state index contributed by atoms with van der Waals surface area (Å²) in [6.07, 6.45) is 12.1. The van der Waals surface area contributed by atoms with Gasteiger partial charge in [-0.3, -0.25) is 4.79 Å². The maximum absolute atomic E-state index is 13.8. The molecule has 1 aromatic rings. The van der Waals surface area contributed by atoms with Gasteiger partial charge in [0.05, 0.1) is 4.90 Å². The molecule has 1 heterocycles. The second-order valence-electron chi connectivity index (χ2n) is 10.1. The Balaban J connectivity index is 1.61. The predicted octanol–water partition coefficient (Wildman–Crippen LogP) is 5.30. The minimum absolute atomic E-state index is 0.0461. The lowest BCUT2D eigenvalue weighted by molar-refractivity contribution is 0.0730. The molecule has 1 atom stereocenters. The number of nitrogens with zero attached hydrogens (tertiary/aromatic N) is 2. The molecule has 176 valence electrons. The monoisotopic (exact) mass is 458 g/mol. The van der Waals surface area contributed by atoms with E-state index in [4.69, 9.17) is 0 Å². The summed E-state index contributed by atoms with van der Waals surface area (Å²) in [4.78, 5) is 15.5. The van der Waals surface area contributed by atoms with Crippen LogP contribution >= 0.6 is 0 Å². The van der Waals surface area contributed by atoms with E-state index in [1.165, 1.54) is 24.8 Å². The fourth-order valence-corrected chi connectivity index (χ4v) is 7.99. The number of piperidine rings is 1. The van der Waals surface area contributed by atoms with Gasteiger partial charge in [-0.25, -0.2) is 8.42 Å². The molecule has 2 fully saturated rings. The molecule has 1 unspecified atom stereocenters. The van der Waals surface area contributed by atoms with Crippen LogP contribution in [0.3, 0.4) is 0 Å². The number of aryl methyl sites for hydroxylation is 1. The first-order chi connectivity index (χ1) is 15.3. The minimum atomic E-state index is -3.69. The zero-order valence-corrected chi connectivity index (χ0v) is 20.7. The van der Waals surface area contributed by atoms with Crippen LogP contribution in [0.25, 0.3) is 0 Å². The summed E-state index contributed by atoms with van der Waals surface area (Å²) in [5.74, 6) is 0.567. The molecule has 3 aliphatic rings. The van der Waals surface area contributed by atoms with Crippen molar-refractivity contribution in [1.29, 1.82) is 0 Å². The molecule has 5 nitrogen and oxygen atoms in total. The number of hydrogen-bond acceptors (Lipinski definition) is 3. The third-order valence-electron chi connectivity index (χ3n) is 7.53. The maximum atomic E-state index is 13.8. The van der Waals surface area contributed by atoms with Crippen LogP contribution in [-0.4, -0.2) is 48.7 Å². The van der Waals surface area contributed by atoms with E-state index in [0.717, 1.165) is 45.1 Å². The number of hydrogen-bond donors (Lipinski definition) is 0. The average molecular weight is 459 g/mol. The minimum Gasteiger partial charge on any atom is -0.335 e. The Labute approximate surface area is 193 Å². The molecule has 32 heavy (non-hydrogen) atoms. The Hall–Kier alpha value is -1.66. The van der Waals surface area contributed by atoms with E-state index >= 15 is 0 Å². The Morgan fingerprint density at radius 1 is 1.06 bits per heavy atom. The van der Waals surface area contributed by atoms with Gasteiger partial charge in [-0.05, 0) is 82.9 Å². The molecule has 1 aromatic carbocycles. The van der Waals surface area contributed by atoms with Crippen LogP contribution in [-0.2, 0) is 10.0 Å². The van der Waals surface area contributed by atoms with E-state index in [-0.39, 0.29) is 22.9 Å². The van der Waals surface area contributed by atoms with E-state index in [9.17, 15) is 13.2 Å². The third kappa shape index (κ3) is 4.67. The molecular weight excluding hydrogens is 420 g/mol. The number of carbonyl (C=O) groups is 1. The predicted molar refractivity (Wildman–Crippen MR) is 128 cm³/mol. The Kier molecular flexibility index (Phi) is 7.11. The van der Waals surface area contributed by atoms with Gasteiger partial charge in [-0.2, -0.15) is 4.31 Å². The van der Waals surface area contributed by atoms with Crippen LogP contribution < -0.4 is 0 Å². The molecule has 0 spiro atoms. The summed E-state index contributed by atoms with van der Waals surface area (Å²) in [5.41, 5.74) is 2.58. The Morgan fingerprint density at radius 2 is 1.81 bits per heavy atom. The first kappa shape index (κ1) is 23.5. The summed E-state index contributed by atoms with van der Waals surface area (Å²) in [7, 11) is -3.69. The number of sulfonamides is 1. The Bertz CT molecular complexity index is 977. The zero-order chi connectivity index (χ0) is 22.9. The highest BCUT2D eigenvalue weighted by Crippen LogP contribution is 2.34. The van der Waals surface area contributed by atoms with Crippen molar-refractivity contribution in [2.75, 3.05) is 13.1 Å². The van der Waals surface area contributed by atoms with Gasteiger partial charge in [0.1, 0.15) is 0 Å². The van der Waals surface area contributed by atoms with Gasteiger partial charge in [0.15, 0.2) is 0 Å². The number of likely N-dealkylation sites (tertiary alicyclic amines) is 1. The van der Waals surface area contributed by atoms with Crippen molar-refractivity contribution in [2.24, 2.45) is 5.92 Å². The maximum Gasteiger partial charge on any atom is 0.254 e. The third-order valence-corrected chi connectivity index (χ3v) is 9.80. The van der Waals surface area contributed by atoms with E-state index in [2.05, 4.69) is 6.08 Å². The van der Waals surface area contributed by atoms with Crippen molar-refractivity contribution in [2.45, 2.75) is 95.5 Å². The largest absolute Gasteiger partial charge is 0.335 e. The van der Waals surface area contributed by atoms with Crippen LogP contribution in [0.5, 0.6) is 0 Å². The van der Waals surface area contributed by atoms with E-state index in [1.54, 1.807) is 22.5 Å². The average Bonchev–Trinajstić information content (AvgIpc) is 2.79. The van der Waals surface area contributed by atoms with Crippen molar-refractivity contribution in [3.63, 3.8) is 0 Å². The molecule has 0 radical (unpaired) electrons. The highest BCUT2D eigenvalue weighted by Gasteiger charge is 2.36. The molecular formula is C26H38N2O3S. The number of benzene rings is 1. The quantitative estimate of drug-likeness (QED) is 0.563. The van der Waals surface area contributed by atoms with Gasteiger partial charge < -0.3 is 4.90 Å². The van der Waals surface area contributed by atoms with Gasteiger partial charge >= 0.3 is 0 Å². The fraction of sp³-hybridized carbons (Fsp3) is 0.654. The molecule has 1 saturated carbocycles. The van der Waals surface area contributed by atoms with E-state index in [0.29, 0.717) is 23.6 Å². The molecule has 2 aliphatic carbocycles. The van der Waals surface area contributed by atoms with Crippen molar-refractivity contribution in [1.82, 2.24) is 9.21 Å². The highest BCUT2D eigenvalue weighted by atomic mass is 32.2. The molecule has 1 saturated heterocycles. The Morgan fingerprint density at radius 3 is 2.53 bits per heavy atom. The van der Waals surface area contributed by atoms with Crippen molar-refractivity contribution in [3.8, 4) is 0 Å². The lowest BCUT2D eigenvalue weighted by atomic mass is 9.82. The van der Waals surface area contributed by atoms with Crippen molar-refractivity contribution < 1.29 is 13.2 Å². The lowest BCUT2D eigenvalue weighted by Crippen LogP contribution is -2.46.